The highest BCUT2D eigenvalue weighted by Crippen LogP contribution is 2.31. The van der Waals surface area contributed by atoms with E-state index in [2.05, 4.69) is 55.7 Å². The molecule has 1 heterocycles. The molecule has 3 nitrogen and oxygen atoms in total. The molecular formula is C14H15Br2N3. The molecule has 0 spiro atoms. The van der Waals surface area contributed by atoms with Crippen molar-refractivity contribution in [2.45, 2.75) is 26.7 Å². The molecule has 2 aromatic rings. The zero-order valence-corrected chi connectivity index (χ0v) is 14.2. The van der Waals surface area contributed by atoms with Crippen LogP contribution in [0.5, 0.6) is 0 Å². The first-order valence-electron chi connectivity index (χ1n) is 5.99. The number of hydrogen-bond donors (Lipinski definition) is 1. The molecule has 5 heteroatoms. The molecule has 0 saturated heterocycles. The number of nitrogen functional groups attached to an aromatic ring is 1. The van der Waals surface area contributed by atoms with Gasteiger partial charge in [-0.2, -0.15) is 0 Å². The topological polar surface area (TPSA) is 51.8 Å². The van der Waals surface area contributed by atoms with Gasteiger partial charge in [0, 0.05) is 10.0 Å². The highest BCUT2D eigenvalue weighted by Gasteiger charge is 2.14. The van der Waals surface area contributed by atoms with Gasteiger partial charge in [-0.3, -0.25) is 0 Å². The second kappa shape index (κ2) is 5.59. The first-order valence-corrected chi connectivity index (χ1v) is 7.58. The van der Waals surface area contributed by atoms with Crippen molar-refractivity contribution < 1.29 is 0 Å². The van der Waals surface area contributed by atoms with Gasteiger partial charge in [0.25, 0.3) is 0 Å². The monoisotopic (exact) mass is 383 g/mol. The fourth-order valence-electron chi connectivity index (χ4n) is 1.73. The molecule has 0 bridgehead atoms. The molecule has 1 aromatic carbocycles. The van der Waals surface area contributed by atoms with Crippen molar-refractivity contribution >= 4 is 37.7 Å². The molecule has 100 valence electrons. The Morgan fingerprint density at radius 2 is 1.84 bits per heavy atom. The van der Waals surface area contributed by atoms with Crippen LogP contribution in [0, 0.1) is 6.92 Å². The molecule has 0 atom stereocenters. The molecule has 0 aliphatic heterocycles. The van der Waals surface area contributed by atoms with Gasteiger partial charge in [0.1, 0.15) is 5.82 Å². The number of halogens is 2. The minimum Gasteiger partial charge on any atom is -0.383 e. The van der Waals surface area contributed by atoms with Crippen molar-refractivity contribution in [2.75, 3.05) is 5.73 Å². The Bertz CT molecular complexity index is 624. The van der Waals surface area contributed by atoms with Gasteiger partial charge < -0.3 is 5.73 Å². The molecule has 0 aliphatic carbocycles. The second-order valence-electron chi connectivity index (χ2n) is 4.75. The van der Waals surface area contributed by atoms with Gasteiger partial charge in [-0.1, -0.05) is 41.9 Å². The highest BCUT2D eigenvalue weighted by atomic mass is 79.9. The van der Waals surface area contributed by atoms with Crippen LogP contribution >= 0.6 is 31.9 Å². The Morgan fingerprint density at radius 1 is 1.16 bits per heavy atom. The van der Waals surface area contributed by atoms with Gasteiger partial charge in [0.2, 0.25) is 0 Å². The van der Waals surface area contributed by atoms with E-state index in [-0.39, 0.29) is 5.92 Å². The van der Waals surface area contributed by atoms with E-state index in [1.807, 2.05) is 25.1 Å². The predicted molar refractivity (Wildman–Crippen MR) is 86.1 cm³/mol. The summed E-state index contributed by atoms with van der Waals surface area (Å²) in [4.78, 5) is 8.97. The summed E-state index contributed by atoms with van der Waals surface area (Å²) in [5, 5.41) is 0. The van der Waals surface area contributed by atoms with Crippen LogP contribution in [0.15, 0.2) is 27.1 Å². The second-order valence-corrected chi connectivity index (χ2v) is 6.40. The maximum Gasteiger partial charge on any atom is 0.161 e. The van der Waals surface area contributed by atoms with E-state index < -0.39 is 0 Å². The average Bonchev–Trinajstić information content (AvgIpc) is 2.35. The van der Waals surface area contributed by atoms with Crippen LogP contribution < -0.4 is 5.73 Å². The van der Waals surface area contributed by atoms with Crippen molar-refractivity contribution in [3.05, 3.63) is 38.4 Å². The van der Waals surface area contributed by atoms with Gasteiger partial charge in [-0.05, 0) is 40.4 Å². The van der Waals surface area contributed by atoms with E-state index >= 15 is 0 Å². The Morgan fingerprint density at radius 3 is 2.42 bits per heavy atom. The Kier molecular flexibility index (Phi) is 4.26. The number of benzene rings is 1. The van der Waals surface area contributed by atoms with Crippen molar-refractivity contribution in [3.63, 3.8) is 0 Å². The Labute approximate surface area is 129 Å². The minimum absolute atomic E-state index is 0.285. The molecule has 0 unspecified atom stereocenters. The average molecular weight is 385 g/mol. The number of rotatable bonds is 2. The summed E-state index contributed by atoms with van der Waals surface area (Å²) in [6.45, 7) is 6.22. The summed E-state index contributed by atoms with van der Waals surface area (Å²) >= 11 is 6.98. The predicted octanol–water partition coefficient (Wildman–Crippen LogP) is 4.68. The van der Waals surface area contributed by atoms with Crippen molar-refractivity contribution in [3.8, 4) is 11.4 Å². The third kappa shape index (κ3) is 2.98. The zero-order valence-electron chi connectivity index (χ0n) is 11.0. The Balaban J connectivity index is 2.59. The molecule has 1 aromatic heterocycles. The molecule has 0 aliphatic rings. The lowest BCUT2D eigenvalue weighted by molar-refractivity contribution is 0.811. The Hall–Kier alpha value is -0.940. The third-order valence-electron chi connectivity index (χ3n) is 2.88. The SMILES string of the molecule is Cc1ccc(-c2nc(N)c(Br)c(C(C)C)n2)cc1Br. The first kappa shape index (κ1) is 14.5. The standard InChI is InChI=1S/C14H15Br2N3/c1-7(2)12-11(16)13(17)19-14(18-12)9-5-4-8(3)10(15)6-9/h4-7H,1-3H3,(H2,17,18,19). The number of nitrogens with two attached hydrogens (primary N) is 1. The van der Waals surface area contributed by atoms with Crippen LogP contribution in [0.2, 0.25) is 0 Å². The van der Waals surface area contributed by atoms with Gasteiger partial charge >= 0.3 is 0 Å². The molecule has 2 rings (SSSR count). The van der Waals surface area contributed by atoms with Crippen molar-refractivity contribution in [1.82, 2.24) is 9.97 Å². The summed E-state index contributed by atoms with van der Waals surface area (Å²) in [5.41, 5.74) is 9.02. The largest absolute Gasteiger partial charge is 0.383 e. The molecule has 0 radical (unpaired) electrons. The summed E-state index contributed by atoms with van der Waals surface area (Å²) in [5.74, 6) is 1.42. The van der Waals surface area contributed by atoms with E-state index in [4.69, 9.17) is 5.73 Å². The fraction of sp³-hybridized carbons (Fsp3) is 0.286. The van der Waals surface area contributed by atoms with Gasteiger partial charge in [0.15, 0.2) is 5.82 Å². The zero-order chi connectivity index (χ0) is 14.2. The van der Waals surface area contributed by atoms with Crippen LogP contribution in [0.1, 0.15) is 31.0 Å². The van der Waals surface area contributed by atoms with Crippen LogP contribution in [0.25, 0.3) is 11.4 Å². The quantitative estimate of drug-likeness (QED) is 0.817. The lowest BCUT2D eigenvalue weighted by atomic mass is 10.1. The molecule has 19 heavy (non-hydrogen) atoms. The molecule has 0 amide bonds. The molecule has 2 N–H and O–H groups in total. The number of nitrogens with zero attached hydrogens (tertiary/aromatic N) is 2. The van der Waals surface area contributed by atoms with E-state index in [0.717, 1.165) is 20.2 Å². The summed E-state index contributed by atoms with van der Waals surface area (Å²) in [7, 11) is 0. The highest BCUT2D eigenvalue weighted by molar-refractivity contribution is 9.11. The molecule has 0 saturated carbocycles. The van der Waals surface area contributed by atoms with Crippen LogP contribution in [0.4, 0.5) is 5.82 Å². The van der Waals surface area contributed by atoms with Crippen molar-refractivity contribution in [2.24, 2.45) is 0 Å². The maximum absolute atomic E-state index is 5.95. The van der Waals surface area contributed by atoms with E-state index in [1.54, 1.807) is 0 Å². The molecular weight excluding hydrogens is 370 g/mol. The van der Waals surface area contributed by atoms with Crippen LogP contribution in [-0.4, -0.2) is 9.97 Å². The van der Waals surface area contributed by atoms with Gasteiger partial charge in [-0.25, -0.2) is 9.97 Å². The number of aromatic nitrogens is 2. The van der Waals surface area contributed by atoms with Gasteiger partial charge in [-0.15, -0.1) is 0 Å². The van der Waals surface area contributed by atoms with E-state index in [1.165, 1.54) is 5.56 Å². The maximum atomic E-state index is 5.95. The van der Waals surface area contributed by atoms with E-state index in [9.17, 15) is 0 Å². The van der Waals surface area contributed by atoms with Crippen molar-refractivity contribution in [1.29, 1.82) is 0 Å². The summed E-state index contributed by atoms with van der Waals surface area (Å²) < 4.78 is 1.83. The van der Waals surface area contributed by atoms with E-state index in [0.29, 0.717) is 11.6 Å². The first-order chi connectivity index (χ1) is 8.90. The minimum atomic E-state index is 0.285. The fourth-order valence-corrected chi connectivity index (χ4v) is 2.74. The molecule has 0 fully saturated rings. The smallest absolute Gasteiger partial charge is 0.161 e. The summed E-state index contributed by atoms with van der Waals surface area (Å²) in [6.07, 6.45) is 0. The number of hydrogen-bond acceptors (Lipinski definition) is 3. The third-order valence-corrected chi connectivity index (χ3v) is 4.55. The number of anilines is 1. The lowest BCUT2D eigenvalue weighted by Crippen LogP contribution is -2.04. The van der Waals surface area contributed by atoms with Crippen LogP contribution in [-0.2, 0) is 0 Å². The lowest BCUT2D eigenvalue weighted by Gasteiger charge is -2.12. The van der Waals surface area contributed by atoms with Crippen LogP contribution in [0.3, 0.4) is 0 Å². The van der Waals surface area contributed by atoms with Gasteiger partial charge in [0.05, 0.1) is 10.2 Å². The number of aryl methyl sites for hydroxylation is 1. The normalized spacial score (nSPS) is 11.1. The summed E-state index contributed by atoms with van der Waals surface area (Å²) in [6, 6.07) is 6.06.